The highest BCUT2D eigenvalue weighted by Crippen LogP contribution is 2.31. The SMILES string of the molecule is CCCCN[C@H]1[C@H](O)[C@H](n2cnc3c(N)ncnc32)O[C@@H]1CO. The van der Waals surface area contributed by atoms with E-state index in [-0.39, 0.29) is 18.5 Å². The van der Waals surface area contributed by atoms with Crippen molar-refractivity contribution in [1.29, 1.82) is 0 Å². The number of nitrogens with zero attached hydrogens (tertiary/aromatic N) is 4. The van der Waals surface area contributed by atoms with Gasteiger partial charge in [-0.15, -0.1) is 0 Å². The quantitative estimate of drug-likeness (QED) is 0.519. The molecule has 23 heavy (non-hydrogen) atoms. The fourth-order valence-corrected chi connectivity index (χ4v) is 2.88. The third kappa shape index (κ3) is 2.88. The number of anilines is 1. The largest absolute Gasteiger partial charge is 0.394 e. The fraction of sp³-hybridized carbons (Fsp3) is 0.643. The zero-order valence-corrected chi connectivity index (χ0v) is 13.0. The second-order valence-corrected chi connectivity index (χ2v) is 5.65. The summed E-state index contributed by atoms with van der Waals surface area (Å²) in [5.74, 6) is 0.276. The molecule has 5 N–H and O–H groups in total. The number of imidazole rings is 1. The maximum absolute atomic E-state index is 10.6. The molecule has 4 atom stereocenters. The molecule has 126 valence electrons. The van der Waals surface area contributed by atoms with E-state index in [4.69, 9.17) is 10.5 Å². The molecule has 0 aromatic carbocycles. The molecule has 3 rings (SSSR count). The molecule has 0 spiro atoms. The minimum atomic E-state index is -0.836. The van der Waals surface area contributed by atoms with Crippen LogP contribution >= 0.6 is 0 Å². The number of nitrogens with two attached hydrogens (primary N) is 1. The molecule has 1 saturated heterocycles. The van der Waals surface area contributed by atoms with Crippen LogP contribution in [0.5, 0.6) is 0 Å². The number of hydrogen-bond donors (Lipinski definition) is 4. The molecule has 0 unspecified atom stereocenters. The lowest BCUT2D eigenvalue weighted by Gasteiger charge is -2.20. The lowest BCUT2D eigenvalue weighted by Crippen LogP contribution is -2.46. The summed E-state index contributed by atoms with van der Waals surface area (Å²) in [6.07, 6.45) is 2.88. The molecule has 2 aromatic heterocycles. The molecule has 2 aromatic rings. The number of hydrogen-bond acceptors (Lipinski definition) is 8. The van der Waals surface area contributed by atoms with Gasteiger partial charge in [-0.1, -0.05) is 13.3 Å². The van der Waals surface area contributed by atoms with E-state index in [0.717, 1.165) is 19.4 Å². The van der Waals surface area contributed by atoms with E-state index >= 15 is 0 Å². The van der Waals surface area contributed by atoms with Crippen LogP contribution in [0.25, 0.3) is 11.2 Å². The number of aromatic nitrogens is 4. The van der Waals surface area contributed by atoms with Crippen LogP contribution in [0.1, 0.15) is 26.0 Å². The second kappa shape index (κ2) is 6.75. The predicted octanol–water partition coefficient (Wildman–Crippen LogP) is -0.583. The van der Waals surface area contributed by atoms with E-state index < -0.39 is 18.4 Å². The average molecular weight is 322 g/mol. The summed E-state index contributed by atoms with van der Waals surface area (Å²) in [5, 5.41) is 23.4. The highest BCUT2D eigenvalue weighted by atomic mass is 16.5. The van der Waals surface area contributed by atoms with E-state index in [1.807, 2.05) is 0 Å². The van der Waals surface area contributed by atoms with Gasteiger partial charge < -0.3 is 26.0 Å². The summed E-state index contributed by atoms with van der Waals surface area (Å²) >= 11 is 0. The monoisotopic (exact) mass is 322 g/mol. The normalized spacial score (nSPS) is 27.8. The second-order valence-electron chi connectivity index (χ2n) is 5.65. The lowest BCUT2D eigenvalue weighted by molar-refractivity contribution is -0.0489. The van der Waals surface area contributed by atoms with E-state index in [9.17, 15) is 10.2 Å². The van der Waals surface area contributed by atoms with Crippen molar-refractivity contribution in [1.82, 2.24) is 24.8 Å². The van der Waals surface area contributed by atoms with Crippen LogP contribution in [0.2, 0.25) is 0 Å². The van der Waals surface area contributed by atoms with Crippen LogP contribution in [0, 0.1) is 0 Å². The molecule has 0 saturated carbocycles. The predicted molar refractivity (Wildman–Crippen MR) is 83.4 cm³/mol. The third-order valence-electron chi connectivity index (χ3n) is 4.13. The Morgan fingerprint density at radius 1 is 1.39 bits per heavy atom. The number of unbranched alkanes of at least 4 members (excludes halogenated alkanes) is 1. The zero-order chi connectivity index (χ0) is 16.4. The first-order valence-corrected chi connectivity index (χ1v) is 7.78. The van der Waals surface area contributed by atoms with Crippen molar-refractivity contribution in [3.05, 3.63) is 12.7 Å². The summed E-state index contributed by atoms with van der Waals surface area (Å²) in [7, 11) is 0. The molecular formula is C14H22N6O3. The van der Waals surface area contributed by atoms with E-state index in [1.165, 1.54) is 12.7 Å². The minimum Gasteiger partial charge on any atom is -0.394 e. The van der Waals surface area contributed by atoms with E-state index in [0.29, 0.717) is 11.2 Å². The Balaban J connectivity index is 1.86. The lowest BCUT2D eigenvalue weighted by atomic mass is 10.1. The van der Waals surface area contributed by atoms with Crippen molar-refractivity contribution in [2.24, 2.45) is 0 Å². The Bertz CT molecular complexity index is 663. The van der Waals surface area contributed by atoms with Crippen molar-refractivity contribution in [3.8, 4) is 0 Å². The number of nitrogens with one attached hydrogen (secondary N) is 1. The smallest absolute Gasteiger partial charge is 0.167 e. The molecule has 3 heterocycles. The van der Waals surface area contributed by atoms with Crippen LogP contribution in [-0.2, 0) is 4.74 Å². The van der Waals surface area contributed by atoms with Gasteiger partial charge in [-0.3, -0.25) is 4.57 Å². The van der Waals surface area contributed by atoms with Crippen molar-refractivity contribution < 1.29 is 14.9 Å². The summed E-state index contributed by atoms with van der Waals surface area (Å²) < 4.78 is 7.44. The Kier molecular flexibility index (Phi) is 4.71. The van der Waals surface area contributed by atoms with Gasteiger partial charge in [-0.05, 0) is 13.0 Å². The maximum Gasteiger partial charge on any atom is 0.167 e. The summed E-state index contributed by atoms with van der Waals surface area (Å²) in [5.41, 5.74) is 6.74. The van der Waals surface area contributed by atoms with E-state index in [1.54, 1.807) is 4.57 Å². The number of aliphatic hydroxyl groups is 2. The number of nitrogen functional groups attached to an aromatic ring is 1. The number of rotatable bonds is 6. The molecule has 1 fully saturated rings. The van der Waals surface area contributed by atoms with Crippen molar-refractivity contribution >= 4 is 17.0 Å². The van der Waals surface area contributed by atoms with Gasteiger partial charge in [0.05, 0.1) is 19.0 Å². The molecule has 1 aliphatic heterocycles. The molecule has 0 bridgehead atoms. The Hall–Kier alpha value is -1.81. The first-order chi connectivity index (χ1) is 11.2. The van der Waals surface area contributed by atoms with Gasteiger partial charge in [0.1, 0.15) is 24.1 Å². The highest BCUT2D eigenvalue weighted by Gasteiger charge is 2.44. The standard InChI is InChI=1S/C14H22N6O3/c1-2-3-4-16-9-8(5-21)23-14(11(9)22)20-7-19-10-12(15)17-6-18-13(10)20/h6-9,11,14,16,21-22H,2-5H2,1H3,(H2,15,17,18)/t8-,9-,11+,14-/m1/s1. The van der Waals surface area contributed by atoms with Crippen LogP contribution in [-0.4, -0.2) is 61.1 Å². The molecule has 9 heteroatoms. The number of aliphatic hydroxyl groups excluding tert-OH is 2. The van der Waals surface area contributed by atoms with Crippen molar-refractivity contribution in [2.45, 2.75) is 44.2 Å². The van der Waals surface area contributed by atoms with Gasteiger partial charge in [-0.25, -0.2) is 15.0 Å². The first kappa shape index (κ1) is 16.1. The van der Waals surface area contributed by atoms with Gasteiger partial charge in [0.2, 0.25) is 0 Å². The van der Waals surface area contributed by atoms with Gasteiger partial charge in [0.25, 0.3) is 0 Å². The molecular weight excluding hydrogens is 300 g/mol. The number of fused-ring (bicyclic) bond motifs is 1. The van der Waals surface area contributed by atoms with Crippen molar-refractivity contribution in [3.63, 3.8) is 0 Å². The first-order valence-electron chi connectivity index (χ1n) is 7.78. The molecule has 9 nitrogen and oxygen atoms in total. The molecule has 0 amide bonds. The topological polar surface area (TPSA) is 131 Å². The average Bonchev–Trinajstić information content (AvgIpc) is 3.10. The van der Waals surface area contributed by atoms with Crippen LogP contribution in [0.15, 0.2) is 12.7 Å². The number of ether oxygens (including phenoxy) is 1. The summed E-state index contributed by atoms with van der Waals surface area (Å²) in [4.78, 5) is 12.3. The van der Waals surface area contributed by atoms with Crippen LogP contribution in [0.3, 0.4) is 0 Å². The Morgan fingerprint density at radius 3 is 2.96 bits per heavy atom. The Morgan fingerprint density at radius 2 is 2.22 bits per heavy atom. The molecule has 0 aliphatic carbocycles. The third-order valence-corrected chi connectivity index (χ3v) is 4.13. The van der Waals surface area contributed by atoms with Crippen LogP contribution < -0.4 is 11.1 Å². The summed E-state index contributed by atoms with van der Waals surface area (Å²) in [6, 6.07) is -0.354. The summed E-state index contributed by atoms with van der Waals surface area (Å²) in [6.45, 7) is 2.67. The van der Waals surface area contributed by atoms with E-state index in [2.05, 4.69) is 27.2 Å². The molecule has 0 radical (unpaired) electrons. The molecule has 1 aliphatic rings. The fourth-order valence-electron chi connectivity index (χ4n) is 2.88. The van der Waals surface area contributed by atoms with Gasteiger partial charge in [0, 0.05) is 0 Å². The minimum absolute atomic E-state index is 0.179. The van der Waals surface area contributed by atoms with Gasteiger partial charge >= 0.3 is 0 Å². The van der Waals surface area contributed by atoms with Crippen molar-refractivity contribution in [2.75, 3.05) is 18.9 Å². The maximum atomic E-state index is 10.6. The highest BCUT2D eigenvalue weighted by molar-refractivity contribution is 5.81. The Labute approximate surface area is 133 Å². The zero-order valence-electron chi connectivity index (χ0n) is 13.0. The van der Waals surface area contributed by atoms with Gasteiger partial charge in [0.15, 0.2) is 17.7 Å². The van der Waals surface area contributed by atoms with Crippen LogP contribution in [0.4, 0.5) is 5.82 Å². The van der Waals surface area contributed by atoms with Gasteiger partial charge in [-0.2, -0.15) is 0 Å².